The maximum atomic E-state index is 11.9. The summed E-state index contributed by atoms with van der Waals surface area (Å²) < 4.78 is 23.8. The van der Waals surface area contributed by atoms with E-state index in [1.165, 1.54) is 12.1 Å². The van der Waals surface area contributed by atoms with Gasteiger partial charge in [-0.25, -0.2) is 8.78 Å². The van der Waals surface area contributed by atoms with Gasteiger partial charge in [-0.2, -0.15) is 0 Å². The van der Waals surface area contributed by atoms with Gasteiger partial charge in [0.2, 0.25) is 5.78 Å². The van der Waals surface area contributed by atoms with Crippen molar-refractivity contribution in [3.63, 3.8) is 0 Å². The van der Waals surface area contributed by atoms with Crippen molar-refractivity contribution in [1.29, 1.82) is 0 Å². The van der Waals surface area contributed by atoms with Gasteiger partial charge in [-0.1, -0.05) is 35.3 Å². The molecule has 0 amide bonds. The Labute approximate surface area is 89.6 Å². The lowest BCUT2D eigenvalue weighted by atomic mass is 10.1. The maximum Gasteiger partial charge on any atom is 0.296 e. The number of carbonyl (C=O) groups is 1. The van der Waals surface area contributed by atoms with Gasteiger partial charge < -0.3 is 0 Å². The van der Waals surface area contributed by atoms with Crippen LogP contribution in [0.25, 0.3) is 0 Å². The Kier molecular flexibility index (Phi) is 3.84. The number of hydrogen-bond donors (Lipinski definition) is 0. The zero-order valence-electron chi connectivity index (χ0n) is 6.94. The first-order chi connectivity index (χ1) is 6.52. The van der Waals surface area contributed by atoms with Gasteiger partial charge in [0.1, 0.15) is 0 Å². The van der Waals surface area contributed by atoms with Gasteiger partial charge in [0.05, 0.1) is 10.0 Å². The predicted molar refractivity (Wildman–Crippen MR) is 51.2 cm³/mol. The van der Waals surface area contributed by atoms with E-state index in [1.54, 1.807) is 6.07 Å². The second-order valence-corrected chi connectivity index (χ2v) is 3.44. The van der Waals surface area contributed by atoms with Crippen LogP contribution >= 0.6 is 23.2 Å². The van der Waals surface area contributed by atoms with Crippen molar-refractivity contribution >= 4 is 29.0 Å². The molecule has 0 heterocycles. The molecule has 0 radical (unpaired) electrons. The van der Waals surface area contributed by atoms with Crippen molar-refractivity contribution in [3.8, 4) is 0 Å². The number of hydrogen-bond acceptors (Lipinski definition) is 1. The average molecular weight is 239 g/mol. The molecule has 1 aromatic rings. The molecule has 5 heteroatoms. The van der Waals surface area contributed by atoms with E-state index in [0.29, 0.717) is 5.56 Å². The molecule has 0 unspecified atom stereocenters. The lowest BCUT2D eigenvalue weighted by molar-refractivity contribution is -0.128. The summed E-state index contributed by atoms with van der Waals surface area (Å²) in [5.41, 5.74) is 0.324. The Morgan fingerprint density at radius 3 is 2.57 bits per heavy atom. The number of Topliss-reactive ketones (excluding diaryl/α,β-unsaturated/α-hetero) is 1. The van der Waals surface area contributed by atoms with Crippen LogP contribution in [-0.4, -0.2) is 12.2 Å². The molecule has 1 nitrogen and oxygen atoms in total. The van der Waals surface area contributed by atoms with Crippen LogP contribution in [-0.2, 0) is 11.2 Å². The van der Waals surface area contributed by atoms with Crippen molar-refractivity contribution in [2.24, 2.45) is 0 Å². The summed E-state index contributed by atoms with van der Waals surface area (Å²) in [7, 11) is 0. The fourth-order valence-electron chi connectivity index (χ4n) is 0.950. The maximum absolute atomic E-state index is 11.9. The van der Waals surface area contributed by atoms with Gasteiger partial charge in [0.15, 0.2) is 0 Å². The van der Waals surface area contributed by atoms with Crippen LogP contribution in [0.2, 0.25) is 10.0 Å². The lowest BCUT2D eigenvalue weighted by Gasteiger charge is -2.04. The van der Waals surface area contributed by atoms with E-state index in [2.05, 4.69) is 0 Å². The van der Waals surface area contributed by atoms with Gasteiger partial charge >= 0.3 is 0 Å². The molecule has 0 spiro atoms. The molecule has 76 valence electrons. The summed E-state index contributed by atoms with van der Waals surface area (Å²) in [5, 5.41) is 0.411. The highest BCUT2D eigenvalue weighted by molar-refractivity contribution is 6.42. The van der Waals surface area contributed by atoms with E-state index in [4.69, 9.17) is 23.2 Å². The van der Waals surface area contributed by atoms with Gasteiger partial charge in [0.25, 0.3) is 6.43 Å². The SMILES string of the molecule is O=C(Cc1cccc(Cl)c1Cl)C(F)F. The summed E-state index contributed by atoms with van der Waals surface area (Å²) in [6.45, 7) is 0. The monoisotopic (exact) mass is 238 g/mol. The van der Waals surface area contributed by atoms with E-state index < -0.39 is 18.6 Å². The minimum absolute atomic E-state index is 0.156. The Morgan fingerprint density at radius 2 is 2.00 bits per heavy atom. The van der Waals surface area contributed by atoms with E-state index in [9.17, 15) is 13.6 Å². The Bertz CT molecular complexity index is 353. The van der Waals surface area contributed by atoms with Crippen LogP contribution in [0.5, 0.6) is 0 Å². The van der Waals surface area contributed by atoms with E-state index >= 15 is 0 Å². The molecule has 0 atom stereocenters. The van der Waals surface area contributed by atoms with Crippen molar-refractivity contribution in [3.05, 3.63) is 33.8 Å². The first-order valence-electron chi connectivity index (χ1n) is 3.76. The number of benzene rings is 1. The Morgan fingerprint density at radius 1 is 1.36 bits per heavy atom. The second-order valence-electron chi connectivity index (χ2n) is 2.66. The molecule has 0 saturated heterocycles. The molecule has 0 bridgehead atoms. The molecule has 1 rings (SSSR count). The van der Waals surface area contributed by atoms with Gasteiger partial charge in [-0.05, 0) is 11.6 Å². The normalized spacial score (nSPS) is 10.6. The highest BCUT2D eigenvalue weighted by Gasteiger charge is 2.17. The smallest absolute Gasteiger partial charge is 0.293 e. The average Bonchev–Trinajstić information content (AvgIpc) is 2.12. The number of halogens is 4. The minimum atomic E-state index is -2.97. The molecule has 14 heavy (non-hydrogen) atoms. The van der Waals surface area contributed by atoms with Crippen LogP contribution in [0.3, 0.4) is 0 Å². The summed E-state index contributed by atoms with van der Waals surface area (Å²) in [4.78, 5) is 10.7. The molecule has 0 aromatic heterocycles. The fraction of sp³-hybridized carbons (Fsp3) is 0.222. The fourth-order valence-corrected chi connectivity index (χ4v) is 1.34. The van der Waals surface area contributed by atoms with Gasteiger partial charge in [-0.3, -0.25) is 4.79 Å². The molecule has 0 aliphatic rings. The zero-order valence-corrected chi connectivity index (χ0v) is 8.45. The molecule has 1 aromatic carbocycles. The summed E-state index contributed by atoms with van der Waals surface area (Å²) in [6, 6.07) is 4.58. The molecule has 0 N–H and O–H groups in total. The highest BCUT2D eigenvalue weighted by Crippen LogP contribution is 2.26. The van der Waals surface area contributed by atoms with Crippen molar-refractivity contribution < 1.29 is 13.6 Å². The van der Waals surface area contributed by atoms with Crippen LogP contribution in [0.4, 0.5) is 8.78 Å². The van der Waals surface area contributed by atoms with Crippen LogP contribution < -0.4 is 0 Å². The zero-order chi connectivity index (χ0) is 10.7. The quantitative estimate of drug-likeness (QED) is 0.790. The summed E-state index contributed by atoms with van der Waals surface area (Å²) >= 11 is 11.4. The number of ketones is 1. The topological polar surface area (TPSA) is 17.1 Å². The predicted octanol–water partition coefficient (Wildman–Crippen LogP) is 3.37. The van der Waals surface area contributed by atoms with E-state index in [-0.39, 0.29) is 10.0 Å². The standard InChI is InChI=1S/C9H6Cl2F2O/c10-6-3-1-2-5(8(6)11)4-7(14)9(12)13/h1-3,9H,4H2. The van der Waals surface area contributed by atoms with E-state index in [0.717, 1.165) is 0 Å². The molecule has 0 saturated carbocycles. The Hall–Kier alpha value is -0.670. The molecule has 0 fully saturated rings. The lowest BCUT2D eigenvalue weighted by Crippen LogP contribution is -2.13. The van der Waals surface area contributed by atoms with Gasteiger partial charge in [0, 0.05) is 6.42 Å². The van der Waals surface area contributed by atoms with E-state index in [1.807, 2.05) is 0 Å². The third-order valence-corrected chi connectivity index (χ3v) is 2.50. The van der Waals surface area contributed by atoms with Crippen LogP contribution in [0, 0.1) is 0 Å². The number of alkyl halides is 2. The molecule has 0 aliphatic heterocycles. The third kappa shape index (κ3) is 2.66. The van der Waals surface area contributed by atoms with Crippen LogP contribution in [0.15, 0.2) is 18.2 Å². The van der Waals surface area contributed by atoms with Crippen molar-refractivity contribution in [1.82, 2.24) is 0 Å². The minimum Gasteiger partial charge on any atom is -0.293 e. The molecular formula is C9H6Cl2F2O. The molecular weight excluding hydrogens is 233 g/mol. The van der Waals surface area contributed by atoms with Crippen molar-refractivity contribution in [2.45, 2.75) is 12.8 Å². The third-order valence-electron chi connectivity index (χ3n) is 1.64. The first-order valence-corrected chi connectivity index (χ1v) is 4.51. The highest BCUT2D eigenvalue weighted by atomic mass is 35.5. The largest absolute Gasteiger partial charge is 0.296 e. The first kappa shape index (κ1) is 11.4. The van der Waals surface area contributed by atoms with Crippen LogP contribution in [0.1, 0.15) is 5.56 Å². The summed E-state index contributed by atoms with van der Waals surface area (Å²) in [5.74, 6) is -1.16. The Balaban J connectivity index is 2.87. The second kappa shape index (κ2) is 4.71. The number of rotatable bonds is 3. The summed E-state index contributed by atoms with van der Waals surface area (Å²) in [6.07, 6.45) is -3.36. The number of carbonyl (C=O) groups excluding carboxylic acids is 1. The molecule has 0 aliphatic carbocycles. The van der Waals surface area contributed by atoms with Crippen molar-refractivity contribution in [2.75, 3.05) is 0 Å². The van der Waals surface area contributed by atoms with Gasteiger partial charge in [-0.15, -0.1) is 0 Å².